The van der Waals surface area contributed by atoms with Crippen LogP contribution in [0.15, 0.2) is 36.2 Å². The summed E-state index contributed by atoms with van der Waals surface area (Å²) in [7, 11) is 0. The first kappa shape index (κ1) is 21.0. The molecule has 2 saturated carbocycles. The van der Waals surface area contributed by atoms with Gasteiger partial charge in [-0.3, -0.25) is 0 Å². The van der Waals surface area contributed by atoms with Crippen molar-refractivity contribution in [3.63, 3.8) is 0 Å². The van der Waals surface area contributed by atoms with E-state index in [1.54, 1.807) is 18.2 Å². The van der Waals surface area contributed by atoms with Gasteiger partial charge in [0.05, 0.1) is 0 Å². The molecule has 0 bridgehead atoms. The Balaban J connectivity index is 1.27. The first-order valence-corrected chi connectivity index (χ1v) is 11.2. The summed E-state index contributed by atoms with van der Waals surface area (Å²) in [5.41, 5.74) is 1.31. The minimum Gasteiger partial charge on any atom is -0.207 e. The topological polar surface area (TPSA) is 23.8 Å². The van der Waals surface area contributed by atoms with E-state index >= 15 is 0 Å². The molecule has 2 aliphatic carbocycles. The first-order valence-electron chi connectivity index (χ1n) is 11.2. The molecule has 152 valence electrons. The van der Waals surface area contributed by atoms with Crippen LogP contribution in [0.2, 0.25) is 0 Å². The molecule has 1 aromatic carbocycles. The summed E-state index contributed by atoms with van der Waals surface area (Å²) in [6.07, 6.45) is 16.4. The van der Waals surface area contributed by atoms with E-state index in [4.69, 9.17) is 5.26 Å². The summed E-state index contributed by atoms with van der Waals surface area (Å²) in [5, 5.41) is 8.54. The standard InChI is InChI=1S/C25H33F2N/c26-24-15-13-23(14-16-24)22-11-9-20(10-12-22)4-2-1-3-19-5-7-21(8-6-19)17-25(27)18-28/h13-17,19-22H,1-12H2/b25-17-. The van der Waals surface area contributed by atoms with Gasteiger partial charge in [0, 0.05) is 0 Å². The molecule has 0 atom stereocenters. The maximum absolute atomic E-state index is 13.1. The van der Waals surface area contributed by atoms with Crippen molar-refractivity contribution in [1.82, 2.24) is 0 Å². The lowest BCUT2D eigenvalue weighted by Crippen LogP contribution is -2.14. The van der Waals surface area contributed by atoms with E-state index in [1.807, 2.05) is 12.1 Å². The van der Waals surface area contributed by atoms with Crippen molar-refractivity contribution in [2.75, 3.05) is 0 Å². The van der Waals surface area contributed by atoms with Crippen LogP contribution in [0, 0.1) is 34.9 Å². The zero-order chi connectivity index (χ0) is 19.8. The molecule has 0 saturated heterocycles. The van der Waals surface area contributed by atoms with E-state index in [1.165, 1.54) is 75.8 Å². The van der Waals surface area contributed by atoms with Gasteiger partial charge in [-0.15, -0.1) is 0 Å². The zero-order valence-electron chi connectivity index (χ0n) is 16.9. The van der Waals surface area contributed by atoms with Gasteiger partial charge >= 0.3 is 0 Å². The number of unbranched alkanes of at least 4 members (excludes halogenated alkanes) is 1. The van der Waals surface area contributed by atoms with Gasteiger partial charge < -0.3 is 0 Å². The Kier molecular flexibility index (Phi) is 8.07. The van der Waals surface area contributed by atoms with Crippen molar-refractivity contribution in [2.24, 2.45) is 17.8 Å². The Hall–Kier alpha value is -1.69. The minimum atomic E-state index is -0.613. The van der Waals surface area contributed by atoms with Gasteiger partial charge in [0.25, 0.3) is 0 Å². The normalized spacial score (nSPS) is 28.7. The van der Waals surface area contributed by atoms with Crippen LogP contribution in [0.4, 0.5) is 8.78 Å². The quantitative estimate of drug-likeness (QED) is 0.346. The van der Waals surface area contributed by atoms with Crippen LogP contribution in [-0.2, 0) is 0 Å². The summed E-state index contributed by atoms with van der Waals surface area (Å²) in [4.78, 5) is 0. The van der Waals surface area contributed by atoms with E-state index in [2.05, 4.69) is 0 Å². The third-order valence-electron chi connectivity index (χ3n) is 7.04. The van der Waals surface area contributed by atoms with E-state index < -0.39 is 5.83 Å². The molecule has 0 spiro atoms. The van der Waals surface area contributed by atoms with Gasteiger partial charge in [-0.25, -0.2) is 4.39 Å². The van der Waals surface area contributed by atoms with Crippen LogP contribution < -0.4 is 0 Å². The van der Waals surface area contributed by atoms with Crippen molar-refractivity contribution < 1.29 is 8.78 Å². The molecule has 28 heavy (non-hydrogen) atoms. The molecule has 0 unspecified atom stereocenters. The maximum Gasteiger partial charge on any atom is 0.196 e. The largest absolute Gasteiger partial charge is 0.207 e. The van der Waals surface area contributed by atoms with Crippen molar-refractivity contribution >= 4 is 0 Å². The molecule has 0 radical (unpaired) electrons. The molecule has 0 amide bonds. The molecule has 3 heteroatoms. The highest BCUT2D eigenvalue weighted by Gasteiger charge is 2.23. The fraction of sp³-hybridized carbons (Fsp3) is 0.640. The molecule has 0 N–H and O–H groups in total. The van der Waals surface area contributed by atoms with Gasteiger partial charge in [-0.05, 0) is 98.8 Å². The number of allylic oxidation sites excluding steroid dienone is 2. The van der Waals surface area contributed by atoms with E-state index in [0.29, 0.717) is 5.92 Å². The van der Waals surface area contributed by atoms with Crippen LogP contribution in [0.3, 0.4) is 0 Å². The fourth-order valence-corrected chi connectivity index (χ4v) is 5.27. The van der Waals surface area contributed by atoms with E-state index in [9.17, 15) is 8.78 Å². The van der Waals surface area contributed by atoms with E-state index in [0.717, 1.165) is 24.7 Å². The molecular formula is C25H33F2N. The molecule has 0 heterocycles. The second kappa shape index (κ2) is 10.7. The highest BCUT2D eigenvalue weighted by Crippen LogP contribution is 2.38. The highest BCUT2D eigenvalue weighted by molar-refractivity contribution is 5.20. The Morgan fingerprint density at radius 3 is 1.96 bits per heavy atom. The zero-order valence-corrected chi connectivity index (χ0v) is 16.9. The monoisotopic (exact) mass is 385 g/mol. The predicted molar refractivity (Wildman–Crippen MR) is 110 cm³/mol. The van der Waals surface area contributed by atoms with Crippen LogP contribution in [0.25, 0.3) is 0 Å². The molecule has 0 aromatic heterocycles. The highest BCUT2D eigenvalue weighted by atomic mass is 19.1. The number of hydrogen-bond donors (Lipinski definition) is 0. The lowest BCUT2D eigenvalue weighted by Gasteiger charge is -2.29. The number of halogens is 2. The number of nitriles is 1. The van der Waals surface area contributed by atoms with Gasteiger partial charge in [-0.2, -0.15) is 9.65 Å². The lowest BCUT2D eigenvalue weighted by molar-refractivity contribution is 0.272. The number of benzene rings is 1. The average Bonchev–Trinajstić information content (AvgIpc) is 2.73. The number of nitrogens with zero attached hydrogens (tertiary/aromatic N) is 1. The van der Waals surface area contributed by atoms with Crippen LogP contribution in [0.5, 0.6) is 0 Å². The first-order chi connectivity index (χ1) is 13.6. The number of rotatable bonds is 7. The number of hydrogen-bond acceptors (Lipinski definition) is 1. The Morgan fingerprint density at radius 1 is 0.893 bits per heavy atom. The summed E-state index contributed by atoms with van der Waals surface area (Å²) >= 11 is 0. The lowest BCUT2D eigenvalue weighted by atomic mass is 9.76. The predicted octanol–water partition coefficient (Wildman–Crippen LogP) is 7.84. The summed E-state index contributed by atoms with van der Waals surface area (Å²) < 4.78 is 26.1. The van der Waals surface area contributed by atoms with Gasteiger partial charge in [0.15, 0.2) is 5.83 Å². The van der Waals surface area contributed by atoms with Gasteiger partial charge in [0.1, 0.15) is 11.9 Å². The molecular weight excluding hydrogens is 352 g/mol. The molecule has 0 aliphatic heterocycles. The minimum absolute atomic E-state index is 0.142. The molecule has 2 fully saturated rings. The molecule has 1 nitrogen and oxygen atoms in total. The third kappa shape index (κ3) is 6.43. The molecule has 3 rings (SSSR count). The second-order valence-electron chi connectivity index (χ2n) is 8.96. The van der Waals surface area contributed by atoms with Crippen LogP contribution in [0.1, 0.15) is 88.5 Å². The van der Waals surface area contributed by atoms with Gasteiger partial charge in [0.2, 0.25) is 0 Å². The Morgan fingerprint density at radius 2 is 1.43 bits per heavy atom. The maximum atomic E-state index is 13.1. The molecule has 2 aliphatic rings. The van der Waals surface area contributed by atoms with E-state index in [-0.39, 0.29) is 11.7 Å². The van der Waals surface area contributed by atoms with Crippen LogP contribution >= 0.6 is 0 Å². The Bertz CT molecular complexity index is 657. The SMILES string of the molecule is N#C/C(F)=C/C1CCC(CCCCC2CCC(c3ccc(F)cc3)CC2)CC1. The third-order valence-corrected chi connectivity index (χ3v) is 7.04. The van der Waals surface area contributed by atoms with Crippen molar-refractivity contribution in [1.29, 1.82) is 5.26 Å². The molecule has 1 aromatic rings. The Labute approximate surface area is 168 Å². The van der Waals surface area contributed by atoms with Crippen molar-refractivity contribution in [2.45, 2.75) is 83.0 Å². The smallest absolute Gasteiger partial charge is 0.196 e. The average molecular weight is 386 g/mol. The fourth-order valence-electron chi connectivity index (χ4n) is 5.27. The second-order valence-corrected chi connectivity index (χ2v) is 8.96. The van der Waals surface area contributed by atoms with Crippen molar-refractivity contribution in [3.8, 4) is 6.07 Å². The van der Waals surface area contributed by atoms with Crippen molar-refractivity contribution in [3.05, 3.63) is 47.5 Å². The van der Waals surface area contributed by atoms with Gasteiger partial charge in [-0.1, -0.05) is 37.8 Å². The summed E-state index contributed by atoms with van der Waals surface area (Å²) in [6, 6.07) is 8.68. The summed E-state index contributed by atoms with van der Waals surface area (Å²) in [6.45, 7) is 0. The van der Waals surface area contributed by atoms with Crippen LogP contribution in [-0.4, -0.2) is 0 Å². The summed E-state index contributed by atoms with van der Waals surface area (Å²) in [5.74, 6) is 1.80.